The molecule has 1 amide bonds. The Morgan fingerprint density at radius 3 is 2.67 bits per heavy atom. The number of rotatable bonds is 4. The summed E-state index contributed by atoms with van der Waals surface area (Å²) in [6.45, 7) is 4.46. The van der Waals surface area contributed by atoms with Gasteiger partial charge in [-0.15, -0.1) is 0 Å². The minimum absolute atomic E-state index is 0.112. The van der Waals surface area contributed by atoms with Gasteiger partial charge in [-0.25, -0.2) is 0 Å². The van der Waals surface area contributed by atoms with E-state index in [1.165, 1.54) is 11.0 Å². The van der Waals surface area contributed by atoms with Gasteiger partial charge in [-0.3, -0.25) is 4.79 Å². The topological polar surface area (TPSA) is 59.2 Å². The second kappa shape index (κ2) is 7.59. The molecule has 8 heteroatoms. The van der Waals surface area contributed by atoms with E-state index in [2.05, 4.69) is 10.1 Å². The Bertz CT molecular complexity index is 1090. The maximum atomic E-state index is 12.9. The van der Waals surface area contributed by atoms with Crippen molar-refractivity contribution in [2.24, 2.45) is 0 Å². The third-order valence-corrected chi connectivity index (χ3v) is 5.40. The second-order valence-electron chi connectivity index (χ2n) is 7.63. The van der Waals surface area contributed by atoms with E-state index < -0.39 is 11.7 Å². The number of halogens is 3. The molecule has 1 fully saturated rings. The van der Waals surface area contributed by atoms with Crippen LogP contribution < -0.4 is 0 Å². The average molecular weight is 415 g/mol. The van der Waals surface area contributed by atoms with Crippen LogP contribution in [-0.4, -0.2) is 27.5 Å². The summed E-state index contributed by atoms with van der Waals surface area (Å²) < 4.78 is 44.2. The van der Waals surface area contributed by atoms with Crippen molar-refractivity contribution >= 4 is 5.91 Å². The van der Waals surface area contributed by atoms with Crippen LogP contribution in [0.2, 0.25) is 0 Å². The number of aryl methyl sites for hydroxylation is 2. The lowest BCUT2D eigenvalue weighted by Crippen LogP contribution is -2.24. The zero-order valence-electron chi connectivity index (χ0n) is 16.5. The lowest BCUT2D eigenvalue weighted by molar-refractivity contribution is -0.137. The molecule has 0 aliphatic carbocycles. The smallest absolute Gasteiger partial charge is 0.338 e. The summed E-state index contributed by atoms with van der Waals surface area (Å²) >= 11 is 0. The summed E-state index contributed by atoms with van der Waals surface area (Å²) in [5, 5.41) is 4.04. The van der Waals surface area contributed by atoms with Gasteiger partial charge in [-0.2, -0.15) is 18.2 Å². The Labute approximate surface area is 171 Å². The largest absolute Gasteiger partial charge is 0.416 e. The number of carbonyl (C=O) groups excluding carboxylic acids is 1. The Kier molecular flexibility index (Phi) is 5.09. The van der Waals surface area contributed by atoms with Crippen molar-refractivity contribution in [3.8, 4) is 11.5 Å². The molecule has 0 N–H and O–H groups in total. The molecular weight excluding hydrogens is 395 g/mol. The first-order valence-corrected chi connectivity index (χ1v) is 9.56. The van der Waals surface area contributed by atoms with Crippen LogP contribution in [-0.2, 0) is 17.5 Å². The first-order chi connectivity index (χ1) is 14.2. The van der Waals surface area contributed by atoms with Crippen LogP contribution in [0.15, 0.2) is 47.0 Å². The summed E-state index contributed by atoms with van der Waals surface area (Å²) in [6, 6.07) is 10.9. The van der Waals surface area contributed by atoms with Gasteiger partial charge in [-0.1, -0.05) is 23.4 Å². The van der Waals surface area contributed by atoms with E-state index in [1.54, 1.807) is 6.07 Å². The summed E-state index contributed by atoms with van der Waals surface area (Å²) in [7, 11) is 0. The summed E-state index contributed by atoms with van der Waals surface area (Å²) in [5.74, 6) is 0.419. The van der Waals surface area contributed by atoms with Gasteiger partial charge >= 0.3 is 6.18 Å². The van der Waals surface area contributed by atoms with E-state index >= 15 is 0 Å². The minimum Gasteiger partial charge on any atom is -0.338 e. The molecule has 1 saturated heterocycles. The van der Waals surface area contributed by atoms with Crippen molar-refractivity contribution in [2.75, 3.05) is 6.54 Å². The molecule has 5 nitrogen and oxygen atoms in total. The SMILES string of the molecule is Cc1ccc(-c2nc(C3CC(=O)N(Cc4cccc(C(F)(F)F)c4)C3)no2)cc1C. The average Bonchev–Trinajstić information content (AvgIpc) is 3.31. The highest BCUT2D eigenvalue weighted by atomic mass is 19.4. The highest BCUT2D eigenvalue weighted by Crippen LogP contribution is 2.32. The highest BCUT2D eigenvalue weighted by Gasteiger charge is 2.35. The standard InChI is InChI=1S/C22H20F3N3O2/c1-13-6-7-16(8-14(13)2)21-26-20(27-30-21)17-10-19(29)28(12-17)11-15-4-3-5-18(9-15)22(23,24)25/h3-9,17H,10-12H2,1-2H3. The molecule has 1 aliphatic rings. The molecule has 156 valence electrons. The fraction of sp³-hybridized carbons (Fsp3) is 0.318. The first-order valence-electron chi connectivity index (χ1n) is 9.56. The monoisotopic (exact) mass is 415 g/mol. The maximum Gasteiger partial charge on any atom is 0.416 e. The molecule has 4 rings (SSSR count). The number of benzene rings is 2. The zero-order valence-corrected chi connectivity index (χ0v) is 16.5. The fourth-order valence-electron chi connectivity index (χ4n) is 3.56. The van der Waals surface area contributed by atoms with Crippen molar-refractivity contribution in [1.29, 1.82) is 0 Å². The molecule has 0 bridgehead atoms. The number of hydrogen-bond acceptors (Lipinski definition) is 4. The van der Waals surface area contributed by atoms with E-state index in [1.807, 2.05) is 32.0 Å². The van der Waals surface area contributed by atoms with Crippen LogP contribution >= 0.6 is 0 Å². The quantitative estimate of drug-likeness (QED) is 0.609. The van der Waals surface area contributed by atoms with Crippen LogP contribution in [0.1, 0.15) is 40.4 Å². The van der Waals surface area contributed by atoms with Gasteiger partial charge in [0, 0.05) is 31.0 Å². The third-order valence-electron chi connectivity index (χ3n) is 5.40. The number of hydrogen-bond donors (Lipinski definition) is 0. The highest BCUT2D eigenvalue weighted by molar-refractivity contribution is 5.79. The first kappa shape index (κ1) is 20.1. The molecule has 2 heterocycles. The Morgan fingerprint density at radius 1 is 1.13 bits per heavy atom. The van der Waals surface area contributed by atoms with Gasteiger partial charge < -0.3 is 9.42 Å². The van der Waals surface area contributed by atoms with Crippen molar-refractivity contribution < 1.29 is 22.5 Å². The molecule has 1 unspecified atom stereocenters. The zero-order chi connectivity index (χ0) is 21.5. The van der Waals surface area contributed by atoms with E-state index in [4.69, 9.17) is 4.52 Å². The molecule has 1 aromatic heterocycles. The lowest BCUT2D eigenvalue weighted by atomic mass is 10.1. The van der Waals surface area contributed by atoms with Crippen LogP contribution in [0.4, 0.5) is 13.2 Å². The van der Waals surface area contributed by atoms with Crippen molar-refractivity contribution in [2.45, 2.75) is 38.9 Å². The second-order valence-corrected chi connectivity index (χ2v) is 7.63. The molecular formula is C22H20F3N3O2. The maximum absolute atomic E-state index is 12.9. The van der Waals surface area contributed by atoms with Crippen LogP contribution in [0.5, 0.6) is 0 Å². The van der Waals surface area contributed by atoms with Crippen LogP contribution in [0, 0.1) is 13.8 Å². The van der Waals surface area contributed by atoms with Gasteiger partial charge in [0.05, 0.1) is 5.56 Å². The Hall–Kier alpha value is -3.16. The number of aromatic nitrogens is 2. The predicted octanol–water partition coefficient (Wildman–Crippen LogP) is 4.89. The molecule has 1 aliphatic heterocycles. The fourth-order valence-corrected chi connectivity index (χ4v) is 3.56. The van der Waals surface area contributed by atoms with Gasteiger partial charge in [0.2, 0.25) is 5.91 Å². The van der Waals surface area contributed by atoms with E-state index in [-0.39, 0.29) is 24.8 Å². The molecule has 1 atom stereocenters. The van der Waals surface area contributed by atoms with Crippen molar-refractivity contribution in [3.05, 3.63) is 70.5 Å². The van der Waals surface area contributed by atoms with Gasteiger partial charge in [0.1, 0.15) is 0 Å². The van der Waals surface area contributed by atoms with E-state index in [9.17, 15) is 18.0 Å². The van der Waals surface area contributed by atoms with Crippen molar-refractivity contribution in [3.63, 3.8) is 0 Å². The van der Waals surface area contributed by atoms with Gasteiger partial charge in [0.25, 0.3) is 5.89 Å². The minimum atomic E-state index is -4.41. The Morgan fingerprint density at radius 2 is 1.93 bits per heavy atom. The van der Waals surface area contributed by atoms with E-state index in [0.29, 0.717) is 23.8 Å². The normalized spacial score (nSPS) is 17.0. The molecule has 3 aromatic rings. The molecule has 0 radical (unpaired) electrons. The Balaban J connectivity index is 1.48. The van der Waals surface area contributed by atoms with Gasteiger partial charge in [0.15, 0.2) is 5.82 Å². The number of amides is 1. The number of likely N-dealkylation sites (tertiary alicyclic amines) is 1. The molecule has 2 aromatic carbocycles. The van der Waals surface area contributed by atoms with Crippen LogP contribution in [0.25, 0.3) is 11.5 Å². The van der Waals surface area contributed by atoms with Crippen molar-refractivity contribution in [1.82, 2.24) is 15.0 Å². The summed E-state index contributed by atoms with van der Waals surface area (Å²) in [5.41, 5.74) is 2.78. The number of nitrogens with zero attached hydrogens (tertiary/aromatic N) is 3. The lowest BCUT2D eigenvalue weighted by Gasteiger charge is -2.17. The molecule has 0 spiro atoms. The predicted molar refractivity (Wildman–Crippen MR) is 103 cm³/mol. The molecule has 30 heavy (non-hydrogen) atoms. The third kappa shape index (κ3) is 4.08. The molecule has 0 saturated carbocycles. The number of carbonyl (C=O) groups is 1. The number of alkyl halides is 3. The summed E-state index contributed by atoms with van der Waals surface area (Å²) in [4.78, 5) is 18.4. The van der Waals surface area contributed by atoms with E-state index in [0.717, 1.165) is 28.8 Å². The van der Waals surface area contributed by atoms with Gasteiger partial charge in [-0.05, 0) is 54.8 Å². The van der Waals surface area contributed by atoms with Crippen LogP contribution in [0.3, 0.4) is 0 Å². The summed E-state index contributed by atoms with van der Waals surface area (Å²) in [6.07, 6.45) is -4.21.